The van der Waals surface area contributed by atoms with E-state index in [4.69, 9.17) is 19.6 Å². The summed E-state index contributed by atoms with van der Waals surface area (Å²) in [6.07, 6.45) is 2.77. The smallest absolute Gasteiger partial charge is 0.0952 e. The third-order valence-corrected chi connectivity index (χ3v) is 2.40. The number of rotatable bonds is 5. The molecule has 0 unspecified atom stereocenters. The fraction of sp³-hybridized carbons (Fsp3) is 1.00. The van der Waals surface area contributed by atoms with E-state index >= 15 is 0 Å². The van der Waals surface area contributed by atoms with Gasteiger partial charge in [0.05, 0.1) is 22.4 Å². The van der Waals surface area contributed by atoms with Crippen molar-refractivity contribution in [3.05, 3.63) is 0 Å². The Morgan fingerprint density at radius 3 is 0.607 bits per heavy atom. The maximum absolute atomic E-state index is 5.09. The van der Waals surface area contributed by atoms with Crippen LogP contribution in [0, 0.1) is 11.8 Å². The molecule has 0 aromatic carbocycles. The van der Waals surface area contributed by atoms with Gasteiger partial charge in [-0.1, -0.05) is 40.5 Å². The lowest BCUT2D eigenvalue weighted by Gasteiger charge is -2.24. The topological polar surface area (TPSA) is 36.9 Å². The van der Waals surface area contributed by atoms with Crippen LogP contribution in [0.2, 0.25) is 0 Å². The van der Waals surface area contributed by atoms with Crippen molar-refractivity contribution in [1.29, 1.82) is 0 Å². The summed E-state index contributed by atoms with van der Waals surface area (Å²) < 4.78 is 0. The molecule has 4 heteroatoms. The van der Waals surface area contributed by atoms with Crippen molar-refractivity contribution in [2.45, 2.75) is 146 Å². The van der Waals surface area contributed by atoms with Crippen LogP contribution in [0.3, 0.4) is 0 Å². The fourth-order valence-corrected chi connectivity index (χ4v) is 1.17. The first-order valence-electron chi connectivity index (χ1n) is 10.8. The quantitative estimate of drug-likeness (QED) is 0.341. The number of hydrogen-bond acceptors (Lipinski definition) is 4. The van der Waals surface area contributed by atoms with Crippen molar-refractivity contribution >= 4 is 0 Å². The SMILES string of the molecule is CC(C)(C)OOC(C)(C)C.CC(C)(C)OOC(C)(C)C.CC(C)CCC(C)C. The molecule has 0 saturated carbocycles. The Hall–Kier alpha value is -0.160. The fourth-order valence-electron chi connectivity index (χ4n) is 1.17. The molecule has 0 amide bonds. The molecular weight excluding hydrogens is 352 g/mol. The first kappa shape index (κ1) is 32.5. The highest BCUT2D eigenvalue weighted by molar-refractivity contribution is 4.59. The van der Waals surface area contributed by atoms with Gasteiger partial charge in [-0.05, 0) is 94.9 Å². The summed E-state index contributed by atoms with van der Waals surface area (Å²) in [4.78, 5) is 20.4. The van der Waals surface area contributed by atoms with Crippen LogP contribution in [0.5, 0.6) is 0 Å². The maximum Gasteiger partial charge on any atom is 0.0952 e. The molecule has 0 radical (unpaired) electrons. The van der Waals surface area contributed by atoms with Gasteiger partial charge in [-0.2, -0.15) is 0 Å². The molecular formula is C24H54O4. The zero-order chi connectivity index (χ0) is 23.4. The van der Waals surface area contributed by atoms with Gasteiger partial charge < -0.3 is 0 Å². The molecule has 0 spiro atoms. The molecule has 28 heavy (non-hydrogen) atoms. The lowest BCUT2D eigenvalue weighted by atomic mass is 10.0. The van der Waals surface area contributed by atoms with Gasteiger partial charge in [0.2, 0.25) is 0 Å². The van der Waals surface area contributed by atoms with Crippen LogP contribution in [-0.4, -0.2) is 22.4 Å². The second-order valence-corrected chi connectivity index (χ2v) is 12.1. The molecule has 0 aromatic rings. The molecule has 0 bridgehead atoms. The van der Waals surface area contributed by atoms with E-state index in [0.29, 0.717) is 0 Å². The normalized spacial score (nSPS) is 13.1. The van der Waals surface area contributed by atoms with Crippen molar-refractivity contribution in [2.24, 2.45) is 11.8 Å². The van der Waals surface area contributed by atoms with E-state index < -0.39 is 0 Å². The van der Waals surface area contributed by atoms with E-state index in [2.05, 4.69) is 27.7 Å². The molecule has 0 saturated heterocycles. The van der Waals surface area contributed by atoms with Gasteiger partial charge in [0, 0.05) is 0 Å². The Morgan fingerprint density at radius 2 is 0.536 bits per heavy atom. The van der Waals surface area contributed by atoms with Gasteiger partial charge in [-0.15, -0.1) is 0 Å². The molecule has 4 nitrogen and oxygen atoms in total. The minimum Gasteiger partial charge on any atom is -0.230 e. The molecule has 174 valence electrons. The van der Waals surface area contributed by atoms with Crippen molar-refractivity contribution in [3.8, 4) is 0 Å². The molecule has 0 atom stereocenters. The van der Waals surface area contributed by atoms with Crippen LogP contribution in [0.25, 0.3) is 0 Å². The van der Waals surface area contributed by atoms with E-state index in [1.807, 2.05) is 83.1 Å². The van der Waals surface area contributed by atoms with E-state index in [-0.39, 0.29) is 22.4 Å². The molecule has 0 aliphatic heterocycles. The van der Waals surface area contributed by atoms with Crippen molar-refractivity contribution in [3.63, 3.8) is 0 Å². The molecule has 0 rings (SSSR count). The van der Waals surface area contributed by atoms with E-state index in [9.17, 15) is 0 Å². The Balaban J connectivity index is -0.000000337. The summed E-state index contributed by atoms with van der Waals surface area (Å²) in [6, 6.07) is 0. The largest absolute Gasteiger partial charge is 0.230 e. The Labute approximate surface area is 177 Å². The van der Waals surface area contributed by atoms with Crippen LogP contribution >= 0.6 is 0 Å². The third-order valence-electron chi connectivity index (χ3n) is 2.40. The summed E-state index contributed by atoms with van der Waals surface area (Å²) in [5, 5.41) is 0. The Morgan fingerprint density at radius 1 is 0.393 bits per heavy atom. The minimum atomic E-state index is -0.215. The zero-order valence-corrected chi connectivity index (χ0v) is 22.2. The summed E-state index contributed by atoms with van der Waals surface area (Å²) in [6.45, 7) is 32.6. The standard InChI is InChI=1S/2C8H18O2.C8H18/c2*1-7(2,3)9-10-8(4,5)6;1-7(2)5-6-8(3)4/h2*1-6H3;7-8H,5-6H2,1-4H3. The second-order valence-electron chi connectivity index (χ2n) is 12.1. The van der Waals surface area contributed by atoms with Crippen molar-refractivity contribution in [1.82, 2.24) is 0 Å². The summed E-state index contributed by atoms with van der Waals surface area (Å²) in [5.41, 5.74) is -0.860. The van der Waals surface area contributed by atoms with E-state index in [1.165, 1.54) is 12.8 Å². The first-order chi connectivity index (χ1) is 12.0. The van der Waals surface area contributed by atoms with Crippen molar-refractivity contribution < 1.29 is 19.6 Å². The predicted octanol–water partition coefficient (Wildman–Crippen LogP) is 8.14. The van der Waals surface area contributed by atoms with Gasteiger partial charge in [0.15, 0.2) is 0 Å². The predicted molar refractivity (Wildman–Crippen MR) is 122 cm³/mol. The monoisotopic (exact) mass is 406 g/mol. The minimum absolute atomic E-state index is 0.215. The van der Waals surface area contributed by atoms with E-state index in [0.717, 1.165) is 11.8 Å². The number of hydrogen-bond donors (Lipinski definition) is 0. The molecule has 0 aliphatic rings. The summed E-state index contributed by atoms with van der Waals surface area (Å²) in [5.74, 6) is 1.77. The highest BCUT2D eigenvalue weighted by Crippen LogP contribution is 2.15. The lowest BCUT2D eigenvalue weighted by Crippen LogP contribution is -2.27. The average Bonchev–Trinajstić information content (AvgIpc) is 2.39. The van der Waals surface area contributed by atoms with E-state index in [1.54, 1.807) is 0 Å². The van der Waals surface area contributed by atoms with Gasteiger partial charge in [-0.25, -0.2) is 19.6 Å². The average molecular weight is 407 g/mol. The third kappa shape index (κ3) is 44.9. The van der Waals surface area contributed by atoms with Gasteiger partial charge >= 0.3 is 0 Å². The van der Waals surface area contributed by atoms with Gasteiger partial charge in [0.1, 0.15) is 0 Å². The van der Waals surface area contributed by atoms with Crippen molar-refractivity contribution in [2.75, 3.05) is 0 Å². The van der Waals surface area contributed by atoms with Crippen LogP contribution in [-0.2, 0) is 19.6 Å². The second kappa shape index (κ2) is 14.0. The molecule has 0 heterocycles. The maximum atomic E-state index is 5.09. The summed E-state index contributed by atoms with van der Waals surface area (Å²) in [7, 11) is 0. The highest BCUT2D eigenvalue weighted by Gasteiger charge is 2.19. The zero-order valence-electron chi connectivity index (χ0n) is 22.2. The molecule has 0 aromatic heterocycles. The van der Waals surface area contributed by atoms with Crippen LogP contribution in [0.1, 0.15) is 124 Å². The molecule has 0 aliphatic carbocycles. The highest BCUT2D eigenvalue weighted by atomic mass is 17.2. The van der Waals surface area contributed by atoms with Gasteiger partial charge in [0.25, 0.3) is 0 Å². The molecule has 0 fully saturated rings. The first-order valence-corrected chi connectivity index (χ1v) is 10.8. The van der Waals surface area contributed by atoms with Crippen LogP contribution in [0.15, 0.2) is 0 Å². The lowest BCUT2D eigenvalue weighted by molar-refractivity contribution is -0.393. The van der Waals surface area contributed by atoms with Gasteiger partial charge in [-0.3, -0.25) is 0 Å². The molecule has 0 N–H and O–H groups in total. The van der Waals surface area contributed by atoms with Crippen LogP contribution in [0.4, 0.5) is 0 Å². The van der Waals surface area contributed by atoms with Crippen LogP contribution < -0.4 is 0 Å². The summed E-state index contributed by atoms with van der Waals surface area (Å²) >= 11 is 0. The Kier molecular flexibility index (Phi) is 16.2. The Bertz CT molecular complexity index is 283.